The van der Waals surface area contributed by atoms with Gasteiger partial charge in [-0.25, -0.2) is 9.97 Å². The summed E-state index contributed by atoms with van der Waals surface area (Å²) in [4.78, 5) is 21.4. The molecule has 5 rings (SSSR count). The van der Waals surface area contributed by atoms with Crippen LogP contribution < -0.4 is 10.6 Å². The van der Waals surface area contributed by atoms with E-state index in [1.807, 2.05) is 36.5 Å². The van der Waals surface area contributed by atoms with Crippen molar-refractivity contribution in [3.05, 3.63) is 72.1 Å². The van der Waals surface area contributed by atoms with E-state index in [9.17, 15) is 15.0 Å². The maximum absolute atomic E-state index is 12.6. The highest BCUT2D eigenvalue weighted by atomic mass is 35.5. The Kier molecular flexibility index (Phi) is 6.40. The van der Waals surface area contributed by atoms with Crippen molar-refractivity contribution in [2.45, 2.75) is 31.5 Å². The fourth-order valence-electron chi connectivity index (χ4n) is 4.21. The minimum absolute atomic E-state index is 0.0353. The molecule has 0 bridgehead atoms. The number of hydrogen-bond donors (Lipinski definition) is 4. The average molecular weight is 494 g/mol. The van der Waals surface area contributed by atoms with Crippen LogP contribution in [0.25, 0.3) is 22.2 Å². The number of rotatable bonds is 6. The monoisotopic (exact) mass is 493 g/mol. The summed E-state index contributed by atoms with van der Waals surface area (Å²) in [5.74, 6) is 0.200. The second-order valence-corrected chi connectivity index (χ2v) is 8.79. The second-order valence-electron chi connectivity index (χ2n) is 8.36. The molecular formula is C25H24ClN5O4. The van der Waals surface area contributed by atoms with Gasteiger partial charge in [-0.05, 0) is 36.8 Å². The molecule has 4 aromatic rings. The van der Waals surface area contributed by atoms with E-state index >= 15 is 0 Å². The van der Waals surface area contributed by atoms with Gasteiger partial charge in [0.1, 0.15) is 30.0 Å². The molecule has 1 saturated heterocycles. The Morgan fingerprint density at radius 1 is 1.09 bits per heavy atom. The number of nitrogens with zero attached hydrogens (tertiary/aromatic N) is 3. The summed E-state index contributed by atoms with van der Waals surface area (Å²) < 4.78 is 7.55. The van der Waals surface area contributed by atoms with Crippen LogP contribution in [0, 0.1) is 0 Å². The molecule has 4 N–H and O–H groups in total. The lowest BCUT2D eigenvalue weighted by atomic mass is 10.1. The predicted molar refractivity (Wildman–Crippen MR) is 133 cm³/mol. The van der Waals surface area contributed by atoms with Gasteiger partial charge in [0.2, 0.25) is 5.91 Å². The maximum atomic E-state index is 12.6. The Labute approximate surface area is 206 Å². The van der Waals surface area contributed by atoms with Crippen LogP contribution in [0.4, 0.5) is 11.5 Å². The summed E-state index contributed by atoms with van der Waals surface area (Å²) in [5.41, 5.74) is 2.84. The smallest absolute Gasteiger partial charge is 0.243 e. The van der Waals surface area contributed by atoms with Crippen molar-refractivity contribution in [1.29, 1.82) is 0 Å². The SMILES string of the molecule is C[C@H]1O[C@@H](n2cc(-c3ccccc3)c3c(NCC(=O)Nc4ccc(Cl)cc4)ncnc32)[C@H](O)[C@@H]1O. The van der Waals surface area contributed by atoms with Crippen molar-refractivity contribution in [2.75, 3.05) is 17.2 Å². The highest BCUT2D eigenvalue weighted by molar-refractivity contribution is 6.30. The Balaban J connectivity index is 1.49. The molecule has 1 aliphatic rings. The number of carbonyl (C=O) groups excluding carboxylic acids is 1. The Bertz CT molecular complexity index is 1350. The number of aliphatic hydroxyl groups excluding tert-OH is 2. The van der Waals surface area contributed by atoms with E-state index in [0.717, 1.165) is 11.1 Å². The molecule has 0 aliphatic carbocycles. The predicted octanol–water partition coefficient (Wildman–Crippen LogP) is 3.44. The lowest BCUT2D eigenvalue weighted by Crippen LogP contribution is -2.30. The second kappa shape index (κ2) is 9.63. The molecule has 0 saturated carbocycles. The molecule has 180 valence electrons. The number of halogens is 1. The molecule has 2 aromatic heterocycles. The zero-order chi connectivity index (χ0) is 24.5. The maximum Gasteiger partial charge on any atom is 0.243 e. The van der Waals surface area contributed by atoms with Gasteiger partial charge in [0.05, 0.1) is 18.0 Å². The van der Waals surface area contributed by atoms with E-state index in [4.69, 9.17) is 16.3 Å². The number of carbonyl (C=O) groups is 1. The molecule has 35 heavy (non-hydrogen) atoms. The number of amides is 1. The van der Waals surface area contributed by atoms with Gasteiger partial charge in [-0.3, -0.25) is 4.79 Å². The van der Waals surface area contributed by atoms with Gasteiger partial charge >= 0.3 is 0 Å². The number of ether oxygens (including phenoxy) is 1. The van der Waals surface area contributed by atoms with E-state index < -0.39 is 24.5 Å². The minimum Gasteiger partial charge on any atom is -0.388 e. The van der Waals surface area contributed by atoms with Crippen molar-refractivity contribution in [3.8, 4) is 11.1 Å². The van der Waals surface area contributed by atoms with Crippen LogP contribution in [0.5, 0.6) is 0 Å². The number of nitrogens with one attached hydrogen (secondary N) is 2. The lowest BCUT2D eigenvalue weighted by Gasteiger charge is -2.17. The van der Waals surface area contributed by atoms with E-state index in [-0.39, 0.29) is 12.5 Å². The van der Waals surface area contributed by atoms with Crippen molar-refractivity contribution >= 4 is 40.0 Å². The summed E-state index contributed by atoms with van der Waals surface area (Å²) >= 11 is 5.90. The third-order valence-corrected chi connectivity index (χ3v) is 6.24. The molecule has 0 spiro atoms. The van der Waals surface area contributed by atoms with Gasteiger partial charge in [-0.2, -0.15) is 0 Å². The first kappa shape index (κ1) is 23.3. The molecular weight excluding hydrogens is 470 g/mol. The van der Waals surface area contributed by atoms with Crippen molar-refractivity contribution < 1.29 is 19.7 Å². The number of aromatic nitrogens is 3. The minimum atomic E-state index is -1.12. The lowest BCUT2D eigenvalue weighted by molar-refractivity contribution is -0.114. The average Bonchev–Trinajstić information content (AvgIpc) is 3.38. The van der Waals surface area contributed by atoms with Gasteiger partial charge in [-0.15, -0.1) is 0 Å². The molecule has 1 amide bonds. The molecule has 2 aromatic carbocycles. The Morgan fingerprint density at radius 3 is 2.51 bits per heavy atom. The largest absolute Gasteiger partial charge is 0.388 e. The number of fused-ring (bicyclic) bond motifs is 1. The Morgan fingerprint density at radius 2 is 1.83 bits per heavy atom. The van der Waals surface area contributed by atoms with E-state index in [0.29, 0.717) is 27.6 Å². The van der Waals surface area contributed by atoms with Crippen LogP contribution in [0.3, 0.4) is 0 Å². The van der Waals surface area contributed by atoms with E-state index in [1.165, 1.54) is 6.33 Å². The molecule has 3 heterocycles. The first-order valence-corrected chi connectivity index (χ1v) is 11.5. The van der Waals surface area contributed by atoms with Crippen LogP contribution in [0.15, 0.2) is 67.1 Å². The standard InChI is InChI=1S/C25H24ClN5O4/c1-14-21(33)22(34)25(35-14)31-12-18(15-5-3-2-4-6-15)20-23(28-13-29-24(20)31)27-11-19(32)30-17-9-7-16(26)8-10-17/h2-10,12-14,21-22,25,33-34H,11H2,1H3,(H,30,32)(H,27,28,29)/t14-,21-,22-,25-/m1/s1. The van der Waals surface area contributed by atoms with Crippen molar-refractivity contribution in [1.82, 2.24) is 14.5 Å². The van der Waals surface area contributed by atoms with Gasteiger partial charge in [0, 0.05) is 22.5 Å². The first-order chi connectivity index (χ1) is 16.9. The van der Waals surface area contributed by atoms with Crippen LogP contribution in [-0.2, 0) is 9.53 Å². The summed E-state index contributed by atoms with van der Waals surface area (Å²) in [6.45, 7) is 1.67. The van der Waals surface area contributed by atoms with Crippen LogP contribution in [-0.4, -0.2) is 55.5 Å². The molecule has 9 nitrogen and oxygen atoms in total. The third kappa shape index (κ3) is 4.59. The van der Waals surface area contributed by atoms with Gasteiger partial charge in [0.15, 0.2) is 6.23 Å². The fraction of sp³-hybridized carbons (Fsp3) is 0.240. The number of hydrogen-bond acceptors (Lipinski definition) is 7. The highest BCUT2D eigenvalue weighted by Gasteiger charge is 2.42. The number of anilines is 2. The molecule has 10 heteroatoms. The summed E-state index contributed by atoms with van der Waals surface area (Å²) in [5, 5.41) is 28.0. The summed E-state index contributed by atoms with van der Waals surface area (Å²) in [6, 6.07) is 16.5. The number of benzene rings is 2. The summed E-state index contributed by atoms with van der Waals surface area (Å²) in [6.07, 6.45) is -0.297. The van der Waals surface area contributed by atoms with Crippen LogP contribution in [0.2, 0.25) is 5.02 Å². The van der Waals surface area contributed by atoms with Crippen LogP contribution >= 0.6 is 11.6 Å². The topological polar surface area (TPSA) is 122 Å². The van der Waals surface area contributed by atoms with E-state index in [2.05, 4.69) is 20.6 Å². The zero-order valence-electron chi connectivity index (χ0n) is 18.8. The molecule has 0 radical (unpaired) electrons. The van der Waals surface area contributed by atoms with Gasteiger partial charge < -0.3 is 30.2 Å². The normalized spacial score (nSPS) is 21.8. The zero-order valence-corrected chi connectivity index (χ0v) is 19.6. The molecule has 1 fully saturated rings. The third-order valence-electron chi connectivity index (χ3n) is 5.99. The Hall–Kier alpha value is -3.50. The van der Waals surface area contributed by atoms with Crippen LogP contribution in [0.1, 0.15) is 13.2 Å². The van der Waals surface area contributed by atoms with Gasteiger partial charge in [-0.1, -0.05) is 41.9 Å². The number of aliphatic hydroxyl groups is 2. The molecule has 1 aliphatic heterocycles. The van der Waals surface area contributed by atoms with Gasteiger partial charge in [0.25, 0.3) is 0 Å². The highest BCUT2D eigenvalue weighted by Crippen LogP contribution is 2.38. The molecule has 4 atom stereocenters. The quantitative estimate of drug-likeness (QED) is 0.324. The van der Waals surface area contributed by atoms with E-state index in [1.54, 1.807) is 35.8 Å². The van der Waals surface area contributed by atoms with Crippen molar-refractivity contribution in [3.63, 3.8) is 0 Å². The fourth-order valence-corrected chi connectivity index (χ4v) is 4.34. The molecule has 0 unspecified atom stereocenters. The summed E-state index contributed by atoms with van der Waals surface area (Å²) in [7, 11) is 0. The van der Waals surface area contributed by atoms with Crippen molar-refractivity contribution in [2.24, 2.45) is 0 Å². The first-order valence-electron chi connectivity index (χ1n) is 11.1.